The topological polar surface area (TPSA) is 53.4 Å². The van der Waals surface area contributed by atoms with Gasteiger partial charge in [-0.1, -0.05) is 6.08 Å². The van der Waals surface area contributed by atoms with Crippen LogP contribution in [0, 0.1) is 0 Å². The highest BCUT2D eigenvalue weighted by atomic mass is 16.4. The lowest BCUT2D eigenvalue weighted by Gasteiger charge is -2.21. The number of nitrogens with zero attached hydrogens (tertiary/aromatic N) is 2. The first-order chi connectivity index (χ1) is 7.72. The number of aromatic carboxylic acids is 1. The lowest BCUT2D eigenvalue weighted by Crippen LogP contribution is -2.26. The molecule has 0 saturated heterocycles. The molecule has 1 N–H and O–H groups in total. The molecular weight excluding hydrogens is 204 g/mol. The molecule has 1 heterocycles. The third-order valence-corrected chi connectivity index (χ3v) is 2.60. The summed E-state index contributed by atoms with van der Waals surface area (Å²) in [6.07, 6.45) is 5.64. The van der Waals surface area contributed by atoms with Gasteiger partial charge in [-0.05, 0) is 25.0 Å². The molecule has 0 aromatic carbocycles. The van der Waals surface area contributed by atoms with Gasteiger partial charge in [0, 0.05) is 18.8 Å². The molecule has 1 aromatic rings. The van der Waals surface area contributed by atoms with Gasteiger partial charge in [-0.2, -0.15) is 0 Å². The monoisotopic (exact) mass is 218 g/mol. The van der Waals surface area contributed by atoms with Crippen molar-refractivity contribution in [3.63, 3.8) is 0 Å². The van der Waals surface area contributed by atoms with Gasteiger partial charge in [0.15, 0.2) is 0 Å². The summed E-state index contributed by atoms with van der Waals surface area (Å²) in [6, 6.07) is 3.61. The van der Waals surface area contributed by atoms with Crippen LogP contribution in [0.5, 0.6) is 0 Å². The second kappa shape index (κ2) is 4.35. The Morgan fingerprint density at radius 1 is 1.69 bits per heavy atom. The van der Waals surface area contributed by atoms with Crippen LogP contribution in [0.1, 0.15) is 23.2 Å². The Morgan fingerprint density at radius 3 is 3.00 bits per heavy atom. The summed E-state index contributed by atoms with van der Waals surface area (Å²) in [7, 11) is 0. The van der Waals surface area contributed by atoms with Crippen molar-refractivity contribution in [1.29, 1.82) is 0 Å². The average molecular weight is 218 g/mol. The second-order valence-electron chi connectivity index (χ2n) is 3.88. The van der Waals surface area contributed by atoms with Crippen LogP contribution in [0.3, 0.4) is 0 Å². The maximum Gasteiger partial charge on any atom is 0.335 e. The minimum atomic E-state index is -0.919. The molecule has 0 unspecified atom stereocenters. The van der Waals surface area contributed by atoms with Gasteiger partial charge in [-0.15, -0.1) is 6.58 Å². The highest BCUT2D eigenvalue weighted by Gasteiger charge is 2.29. The Bertz CT molecular complexity index is 413. The fraction of sp³-hybridized carbons (Fsp3) is 0.333. The highest BCUT2D eigenvalue weighted by Crippen LogP contribution is 2.30. The summed E-state index contributed by atoms with van der Waals surface area (Å²) >= 11 is 0. The Labute approximate surface area is 94.2 Å². The molecule has 0 bridgehead atoms. The van der Waals surface area contributed by atoms with E-state index in [2.05, 4.69) is 16.5 Å². The number of carboxylic acids is 1. The summed E-state index contributed by atoms with van der Waals surface area (Å²) in [4.78, 5) is 17.2. The molecule has 0 amide bonds. The van der Waals surface area contributed by atoms with E-state index >= 15 is 0 Å². The first-order valence-corrected chi connectivity index (χ1v) is 5.29. The number of hydrogen-bond donors (Lipinski definition) is 1. The molecule has 0 spiro atoms. The zero-order valence-electron chi connectivity index (χ0n) is 8.97. The Kier molecular flexibility index (Phi) is 2.90. The van der Waals surface area contributed by atoms with Crippen molar-refractivity contribution in [3.05, 3.63) is 36.5 Å². The molecule has 4 heteroatoms. The summed E-state index contributed by atoms with van der Waals surface area (Å²) in [5, 5.41) is 8.91. The maximum atomic E-state index is 10.9. The van der Waals surface area contributed by atoms with E-state index in [-0.39, 0.29) is 5.56 Å². The van der Waals surface area contributed by atoms with Gasteiger partial charge >= 0.3 is 5.97 Å². The van der Waals surface area contributed by atoms with Gasteiger partial charge in [-0.25, -0.2) is 9.78 Å². The molecule has 1 aliphatic carbocycles. The Morgan fingerprint density at radius 2 is 2.44 bits per heavy atom. The standard InChI is InChI=1S/C12H14N2O2/c1-2-7-14(10-3-4-10)11-8-9(12(15)16)5-6-13-11/h2,5-6,8,10H,1,3-4,7H2,(H,15,16). The van der Waals surface area contributed by atoms with Gasteiger partial charge < -0.3 is 10.0 Å². The number of aromatic nitrogens is 1. The predicted molar refractivity (Wildman–Crippen MR) is 61.8 cm³/mol. The number of pyridine rings is 1. The SMILES string of the molecule is C=CCN(c1cc(C(=O)O)ccn1)C1CC1. The highest BCUT2D eigenvalue weighted by molar-refractivity contribution is 5.88. The number of anilines is 1. The average Bonchev–Trinajstić information content (AvgIpc) is 3.10. The van der Waals surface area contributed by atoms with Crippen LogP contribution in [-0.2, 0) is 0 Å². The van der Waals surface area contributed by atoms with Gasteiger partial charge in [0.1, 0.15) is 5.82 Å². The molecule has 0 radical (unpaired) electrons. The molecule has 1 aliphatic rings. The second-order valence-corrected chi connectivity index (χ2v) is 3.88. The van der Waals surface area contributed by atoms with Gasteiger partial charge in [0.25, 0.3) is 0 Å². The van der Waals surface area contributed by atoms with E-state index in [9.17, 15) is 4.79 Å². The zero-order valence-corrected chi connectivity index (χ0v) is 8.97. The van der Waals surface area contributed by atoms with Crippen LogP contribution in [0.2, 0.25) is 0 Å². The lowest BCUT2D eigenvalue weighted by atomic mass is 10.2. The normalized spacial score (nSPS) is 14.5. The molecule has 0 aliphatic heterocycles. The van der Waals surface area contributed by atoms with Gasteiger partial charge in [0.05, 0.1) is 5.56 Å². The molecule has 16 heavy (non-hydrogen) atoms. The Balaban J connectivity index is 2.25. The maximum absolute atomic E-state index is 10.9. The van der Waals surface area contributed by atoms with E-state index < -0.39 is 5.97 Å². The quantitative estimate of drug-likeness (QED) is 0.767. The van der Waals surface area contributed by atoms with Crippen molar-refractivity contribution < 1.29 is 9.90 Å². The van der Waals surface area contributed by atoms with E-state index in [1.807, 2.05) is 6.08 Å². The number of carboxylic acid groups (broad SMARTS) is 1. The fourth-order valence-electron chi connectivity index (χ4n) is 1.66. The van der Waals surface area contributed by atoms with Crippen LogP contribution in [0.4, 0.5) is 5.82 Å². The van der Waals surface area contributed by atoms with Crippen LogP contribution in [0.15, 0.2) is 31.0 Å². The number of rotatable bonds is 5. The van der Waals surface area contributed by atoms with E-state index in [1.54, 1.807) is 6.07 Å². The van der Waals surface area contributed by atoms with Crippen molar-refractivity contribution in [1.82, 2.24) is 4.98 Å². The molecule has 2 rings (SSSR count). The predicted octanol–water partition coefficient (Wildman–Crippen LogP) is 1.93. The molecule has 1 saturated carbocycles. The third-order valence-electron chi connectivity index (χ3n) is 2.60. The first kappa shape index (κ1) is 10.7. The van der Waals surface area contributed by atoms with Crippen LogP contribution in [0.25, 0.3) is 0 Å². The van der Waals surface area contributed by atoms with Gasteiger partial charge in [-0.3, -0.25) is 0 Å². The lowest BCUT2D eigenvalue weighted by molar-refractivity contribution is 0.0697. The molecule has 1 fully saturated rings. The molecule has 4 nitrogen and oxygen atoms in total. The molecular formula is C12H14N2O2. The van der Waals surface area contributed by atoms with Crippen LogP contribution < -0.4 is 4.90 Å². The van der Waals surface area contributed by atoms with Crippen LogP contribution >= 0.6 is 0 Å². The smallest absolute Gasteiger partial charge is 0.335 e. The minimum absolute atomic E-state index is 0.278. The van der Waals surface area contributed by atoms with Crippen molar-refractivity contribution in [3.8, 4) is 0 Å². The Hall–Kier alpha value is -1.84. The first-order valence-electron chi connectivity index (χ1n) is 5.29. The van der Waals surface area contributed by atoms with Crippen molar-refractivity contribution in [2.45, 2.75) is 18.9 Å². The fourth-order valence-corrected chi connectivity index (χ4v) is 1.66. The minimum Gasteiger partial charge on any atom is -0.478 e. The summed E-state index contributed by atoms with van der Waals surface area (Å²) < 4.78 is 0. The van der Waals surface area contributed by atoms with E-state index in [0.717, 1.165) is 18.7 Å². The van der Waals surface area contributed by atoms with E-state index in [0.29, 0.717) is 12.6 Å². The molecule has 1 aromatic heterocycles. The molecule has 84 valence electrons. The summed E-state index contributed by atoms with van der Waals surface area (Å²) in [5.41, 5.74) is 0.278. The molecule has 0 atom stereocenters. The zero-order chi connectivity index (χ0) is 11.5. The van der Waals surface area contributed by atoms with Crippen molar-refractivity contribution in [2.75, 3.05) is 11.4 Å². The largest absolute Gasteiger partial charge is 0.478 e. The van der Waals surface area contributed by atoms with Crippen molar-refractivity contribution >= 4 is 11.8 Å². The summed E-state index contributed by atoms with van der Waals surface area (Å²) in [6.45, 7) is 4.42. The van der Waals surface area contributed by atoms with E-state index in [4.69, 9.17) is 5.11 Å². The van der Waals surface area contributed by atoms with Gasteiger partial charge in [0.2, 0.25) is 0 Å². The number of hydrogen-bond acceptors (Lipinski definition) is 3. The number of carbonyl (C=O) groups is 1. The summed E-state index contributed by atoms with van der Waals surface area (Å²) in [5.74, 6) is -0.194. The van der Waals surface area contributed by atoms with E-state index in [1.165, 1.54) is 12.3 Å². The van der Waals surface area contributed by atoms with Crippen LogP contribution in [-0.4, -0.2) is 28.6 Å². The van der Waals surface area contributed by atoms with Crippen molar-refractivity contribution in [2.24, 2.45) is 0 Å². The third kappa shape index (κ3) is 2.21.